The van der Waals surface area contributed by atoms with Crippen LogP contribution < -0.4 is 14.4 Å². The second-order valence-electron chi connectivity index (χ2n) is 12.4. The molecule has 51 heavy (non-hydrogen) atoms. The van der Waals surface area contributed by atoms with Gasteiger partial charge in [0, 0.05) is 24.0 Å². The summed E-state index contributed by atoms with van der Waals surface area (Å²) in [7, 11) is -4.25. The van der Waals surface area contributed by atoms with Crippen molar-refractivity contribution in [1.82, 2.24) is 10.2 Å². The predicted octanol–water partition coefficient (Wildman–Crippen LogP) is 8.19. The predicted molar refractivity (Wildman–Crippen MR) is 203 cm³/mol. The number of aryl methyl sites for hydroxylation is 1. The first-order chi connectivity index (χ1) is 24.5. The molecule has 1 N–H and O–H groups in total. The van der Waals surface area contributed by atoms with Gasteiger partial charge >= 0.3 is 0 Å². The number of anilines is 1. The minimum atomic E-state index is -4.25. The fourth-order valence-corrected chi connectivity index (χ4v) is 6.99. The summed E-state index contributed by atoms with van der Waals surface area (Å²) in [6.07, 6.45) is 0.917. The van der Waals surface area contributed by atoms with Crippen molar-refractivity contribution in [2.75, 3.05) is 10.8 Å². The van der Waals surface area contributed by atoms with E-state index in [1.54, 1.807) is 60.7 Å². The van der Waals surface area contributed by atoms with E-state index in [-0.39, 0.29) is 35.5 Å². The number of ether oxygens (including phenoxy) is 1. The Morgan fingerprint density at radius 2 is 1.35 bits per heavy atom. The molecule has 0 unspecified atom stereocenters. The van der Waals surface area contributed by atoms with E-state index in [9.17, 15) is 18.0 Å². The Bertz CT molecular complexity index is 1990. The topological polar surface area (TPSA) is 96.0 Å². The number of nitrogens with zero attached hydrogens (tertiary/aromatic N) is 2. The van der Waals surface area contributed by atoms with Crippen LogP contribution in [0.5, 0.6) is 11.5 Å². The number of carbonyl (C=O) groups is 2. The van der Waals surface area contributed by atoms with Crippen molar-refractivity contribution >= 4 is 39.1 Å². The van der Waals surface area contributed by atoms with E-state index >= 15 is 0 Å². The molecule has 2 atom stereocenters. The molecule has 0 bridgehead atoms. The standard InChI is InChI=1S/C41H42ClN3O5S/c1-4-31(3)43-41(47)39(27-32-11-7-5-8-12-32)44(28-33-17-19-34(42)20-18-33)40(46)29-45(51(48,49)38-25-15-30(2)16-26-38)35-21-23-37(24-22-35)50-36-13-9-6-10-14-36/h5-26,31,39H,4,27-29H2,1-3H3,(H,43,47)/t31-,39+/m0/s1. The summed E-state index contributed by atoms with van der Waals surface area (Å²) in [5.41, 5.74) is 2.75. The monoisotopic (exact) mass is 723 g/mol. The molecule has 0 heterocycles. The van der Waals surface area contributed by atoms with Crippen LogP contribution in [0.25, 0.3) is 0 Å². The second-order valence-corrected chi connectivity index (χ2v) is 14.7. The molecule has 0 radical (unpaired) electrons. The van der Waals surface area contributed by atoms with Gasteiger partial charge in [0.2, 0.25) is 11.8 Å². The zero-order valence-corrected chi connectivity index (χ0v) is 30.5. The Morgan fingerprint density at radius 3 is 1.96 bits per heavy atom. The molecule has 5 aromatic carbocycles. The van der Waals surface area contributed by atoms with Gasteiger partial charge in [0.1, 0.15) is 24.1 Å². The van der Waals surface area contributed by atoms with Crippen LogP contribution >= 0.6 is 11.6 Å². The van der Waals surface area contributed by atoms with Gasteiger partial charge in [-0.1, -0.05) is 96.9 Å². The minimum Gasteiger partial charge on any atom is -0.457 e. The largest absolute Gasteiger partial charge is 0.457 e. The number of carbonyl (C=O) groups excluding carboxylic acids is 2. The first-order valence-electron chi connectivity index (χ1n) is 16.8. The summed E-state index contributed by atoms with van der Waals surface area (Å²) in [6, 6.07) is 37.6. The van der Waals surface area contributed by atoms with Crippen LogP contribution in [-0.4, -0.2) is 43.8 Å². The molecule has 10 heteroatoms. The van der Waals surface area contributed by atoms with Crippen molar-refractivity contribution in [3.8, 4) is 11.5 Å². The number of para-hydroxylation sites is 1. The molecule has 0 aliphatic carbocycles. The zero-order chi connectivity index (χ0) is 36.4. The molecule has 0 saturated heterocycles. The van der Waals surface area contributed by atoms with E-state index in [1.165, 1.54) is 17.0 Å². The average molecular weight is 724 g/mol. The molecule has 5 aromatic rings. The highest BCUT2D eigenvalue weighted by Crippen LogP contribution is 2.29. The van der Waals surface area contributed by atoms with Crippen LogP contribution in [0, 0.1) is 6.92 Å². The summed E-state index contributed by atoms with van der Waals surface area (Å²) < 4.78 is 35.8. The second kappa shape index (κ2) is 17.2. The molecule has 0 fully saturated rings. The van der Waals surface area contributed by atoms with Crippen molar-refractivity contribution in [2.24, 2.45) is 0 Å². The van der Waals surface area contributed by atoms with Crippen LogP contribution in [-0.2, 0) is 32.6 Å². The van der Waals surface area contributed by atoms with E-state index in [2.05, 4.69) is 5.32 Å². The zero-order valence-electron chi connectivity index (χ0n) is 28.9. The summed E-state index contributed by atoms with van der Waals surface area (Å²) in [4.78, 5) is 30.3. The third kappa shape index (κ3) is 9.99. The van der Waals surface area contributed by atoms with E-state index in [0.29, 0.717) is 22.9 Å². The van der Waals surface area contributed by atoms with E-state index in [1.807, 2.05) is 81.4 Å². The van der Waals surface area contributed by atoms with Crippen LogP contribution in [0.4, 0.5) is 5.69 Å². The van der Waals surface area contributed by atoms with Gasteiger partial charge in [0.15, 0.2) is 0 Å². The summed E-state index contributed by atoms with van der Waals surface area (Å²) in [6.45, 7) is 5.23. The Labute approximate surface area is 305 Å². The molecule has 5 rings (SSSR count). The number of nitrogens with one attached hydrogen (secondary N) is 1. The fraction of sp³-hybridized carbons (Fsp3) is 0.220. The van der Waals surface area contributed by atoms with E-state index < -0.39 is 28.5 Å². The normalized spacial score (nSPS) is 12.4. The third-order valence-corrected chi connectivity index (χ3v) is 10.6. The SMILES string of the molecule is CC[C@H](C)NC(=O)[C@@H](Cc1ccccc1)N(Cc1ccc(Cl)cc1)C(=O)CN(c1ccc(Oc2ccccc2)cc1)S(=O)(=O)c1ccc(C)cc1. The number of rotatable bonds is 15. The van der Waals surface area contributed by atoms with E-state index in [0.717, 1.165) is 21.0 Å². The molecule has 0 saturated carbocycles. The summed E-state index contributed by atoms with van der Waals surface area (Å²) >= 11 is 6.19. The number of halogens is 1. The average Bonchev–Trinajstić information content (AvgIpc) is 3.14. The molecule has 8 nitrogen and oxygen atoms in total. The van der Waals surface area contributed by atoms with Crippen LogP contribution in [0.3, 0.4) is 0 Å². The van der Waals surface area contributed by atoms with Gasteiger partial charge in [-0.3, -0.25) is 13.9 Å². The molecule has 264 valence electrons. The Hall–Kier alpha value is -5.12. The summed E-state index contributed by atoms with van der Waals surface area (Å²) in [5, 5.41) is 3.58. The Morgan fingerprint density at radius 1 is 0.765 bits per heavy atom. The van der Waals surface area contributed by atoms with Crippen molar-refractivity contribution in [1.29, 1.82) is 0 Å². The maximum absolute atomic E-state index is 14.7. The van der Waals surface area contributed by atoms with Gasteiger partial charge in [-0.2, -0.15) is 0 Å². The number of benzene rings is 5. The fourth-order valence-electron chi connectivity index (χ4n) is 5.45. The maximum Gasteiger partial charge on any atom is 0.264 e. The van der Waals surface area contributed by atoms with Gasteiger partial charge in [0.25, 0.3) is 10.0 Å². The van der Waals surface area contributed by atoms with Crippen molar-refractivity contribution < 1.29 is 22.7 Å². The van der Waals surface area contributed by atoms with Gasteiger partial charge in [-0.15, -0.1) is 0 Å². The van der Waals surface area contributed by atoms with Crippen LogP contribution in [0.15, 0.2) is 138 Å². The van der Waals surface area contributed by atoms with Crippen molar-refractivity contribution in [3.05, 3.63) is 155 Å². The maximum atomic E-state index is 14.7. The van der Waals surface area contributed by atoms with Crippen molar-refractivity contribution in [2.45, 2.75) is 57.1 Å². The van der Waals surface area contributed by atoms with Crippen molar-refractivity contribution in [3.63, 3.8) is 0 Å². The lowest BCUT2D eigenvalue weighted by atomic mass is 10.0. The molecule has 0 aromatic heterocycles. The highest BCUT2D eigenvalue weighted by Gasteiger charge is 2.35. The lowest BCUT2D eigenvalue weighted by Gasteiger charge is -2.34. The highest BCUT2D eigenvalue weighted by atomic mass is 35.5. The molecule has 0 aliphatic heterocycles. The molecule has 0 spiro atoms. The summed E-state index contributed by atoms with van der Waals surface area (Å²) in [5.74, 6) is 0.247. The first-order valence-corrected chi connectivity index (χ1v) is 18.7. The number of amides is 2. The number of hydrogen-bond acceptors (Lipinski definition) is 5. The molecule has 2 amide bonds. The van der Waals surface area contributed by atoms with Crippen LogP contribution in [0.1, 0.15) is 37.0 Å². The smallest absolute Gasteiger partial charge is 0.264 e. The van der Waals surface area contributed by atoms with Gasteiger partial charge in [-0.25, -0.2) is 8.42 Å². The number of sulfonamides is 1. The van der Waals surface area contributed by atoms with Gasteiger partial charge in [-0.05, 0) is 92.1 Å². The van der Waals surface area contributed by atoms with Gasteiger partial charge < -0.3 is 15.0 Å². The quantitative estimate of drug-likeness (QED) is 0.118. The van der Waals surface area contributed by atoms with E-state index in [4.69, 9.17) is 16.3 Å². The lowest BCUT2D eigenvalue weighted by molar-refractivity contribution is -0.140. The highest BCUT2D eigenvalue weighted by molar-refractivity contribution is 7.92. The van der Waals surface area contributed by atoms with Gasteiger partial charge in [0.05, 0.1) is 10.6 Å². The minimum absolute atomic E-state index is 0.0325. The first kappa shape index (κ1) is 37.1. The number of hydrogen-bond donors (Lipinski definition) is 1. The molecular weight excluding hydrogens is 682 g/mol. The van der Waals surface area contributed by atoms with Crippen LogP contribution in [0.2, 0.25) is 5.02 Å². The lowest BCUT2D eigenvalue weighted by Crippen LogP contribution is -2.54. The third-order valence-electron chi connectivity index (χ3n) is 8.53. The Balaban J connectivity index is 1.56. The molecule has 0 aliphatic rings. The Kier molecular flexibility index (Phi) is 12.5. The molecular formula is C41H42ClN3O5S.